The molecule has 2 N–H and O–H groups in total. The van der Waals surface area contributed by atoms with Crippen LogP contribution in [0.3, 0.4) is 0 Å². The zero-order valence-corrected chi connectivity index (χ0v) is 12.6. The van der Waals surface area contributed by atoms with Gasteiger partial charge in [-0.05, 0) is 17.7 Å². The predicted molar refractivity (Wildman–Crippen MR) is 84.2 cm³/mol. The van der Waals surface area contributed by atoms with Gasteiger partial charge in [0.05, 0.1) is 6.54 Å². The van der Waals surface area contributed by atoms with Gasteiger partial charge >= 0.3 is 6.03 Å². The van der Waals surface area contributed by atoms with E-state index < -0.39 is 17.6 Å². The van der Waals surface area contributed by atoms with Crippen LogP contribution >= 0.6 is 0 Å². The van der Waals surface area contributed by atoms with Crippen LogP contribution in [0.1, 0.15) is 5.56 Å². The monoisotopic (exact) mass is 330 g/mol. The highest BCUT2D eigenvalue weighted by molar-refractivity contribution is 5.90. The van der Waals surface area contributed by atoms with Crippen molar-refractivity contribution in [2.24, 2.45) is 0 Å². The lowest BCUT2D eigenvalue weighted by Crippen LogP contribution is -2.34. The summed E-state index contributed by atoms with van der Waals surface area (Å²) in [4.78, 5) is 13.9. The molecule has 0 spiro atoms. The average molecular weight is 330 g/mol. The number of hydrogen-bond donors (Lipinski definition) is 2. The molecule has 124 valence electrons. The van der Waals surface area contributed by atoms with Gasteiger partial charge in [0.1, 0.15) is 6.26 Å². The number of benzene rings is 2. The van der Waals surface area contributed by atoms with Gasteiger partial charge in [0.25, 0.3) is 0 Å². The Morgan fingerprint density at radius 1 is 1.25 bits per heavy atom. The summed E-state index contributed by atoms with van der Waals surface area (Å²) in [6.45, 7) is 0.282. The van der Waals surface area contributed by atoms with E-state index in [1.807, 2.05) is 30.3 Å². The summed E-state index contributed by atoms with van der Waals surface area (Å²) in [5.74, 6) is -1.04. The van der Waals surface area contributed by atoms with Crippen molar-refractivity contribution in [2.45, 2.75) is 6.54 Å². The van der Waals surface area contributed by atoms with Gasteiger partial charge in [0.15, 0.2) is 11.6 Å². The quantitative estimate of drug-likeness (QED) is 0.843. The molecule has 3 rings (SSSR count). The number of phenolic OH excluding ortho intramolecular Hbond substituents is 1. The van der Waals surface area contributed by atoms with E-state index in [2.05, 4.69) is 5.32 Å². The van der Waals surface area contributed by atoms with Crippen LogP contribution in [0.4, 0.5) is 14.9 Å². The van der Waals surface area contributed by atoms with Gasteiger partial charge in [-0.3, -0.25) is 4.90 Å². The van der Waals surface area contributed by atoms with Crippen LogP contribution in [0.15, 0.2) is 60.7 Å². The first-order valence-corrected chi connectivity index (χ1v) is 7.19. The number of carbonyl (C=O) groups excluding carboxylic acids is 1. The summed E-state index contributed by atoms with van der Waals surface area (Å²) < 4.78 is 23.7. The topological polar surface area (TPSA) is 71.0 Å². The molecule has 2 aromatic carbocycles. The number of amides is 2. The first kappa shape index (κ1) is 15.7. The number of urea groups is 1. The first-order chi connectivity index (χ1) is 11.6. The number of anilines is 1. The van der Waals surface area contributed by atoms with Crippen LogP contribution in [0, 0.1) is 5.82 Å². The van der Waals surface area contributed by atoms with Crippen molar-refractivity contribution in [1.29, 1.82) is 0 Å². The maximum atomic E-state index is 13.4. The molecule has 24 heavy (non-hydrogen) atoms. The van der Waals surface area contributed by atoms with Gasteiger partial charge in [-0.25, -0.2) is 9.18 Å². The standard InChI is InChI=1S/C17H15FN2O4/c18-14-8-13(6-7-15(14)21)19-17(22)20(16-10-23-11-24-16)9-12-4-2-1-3-5-12/h1-8,10,21H,9,11H2,(H,19,22). The van der Waals surface area contributed by atoms with E-state index in [9.17, 15) is 14.3 Å². The molecule has 0 aromatic heterocycles. The molecule has 0 saturated heterocycles. The van der Waals surface area contributed by atoms with Crippen molar-refractivity contribution in [3.63, 3.8) is 0 Å². The van der Waals surface area contributed by atoms with Gasteiger partial charge in [-0.15, -0.1) is 0 Å². The van der Waals surface area contributed by atoms with Crippen molar-refractivity contribution >= 4 is 11.7 Å². The molecular weight excluding hydrogens is 315 g/mol. The number of rotatable bonds is 4. The fourth-order valence-corrected chi connectivity index (χ4v) is 2.17. The number of nitrogens with one attached hydrogen (secondary N) is 1. The van der Waals surface area contributed by atoms with Gasteiger partial charge in [-0.1, -0.05) is 30.3 Å². The Bertz CT molecular complexity index is 764. The van der Waals surface area contributed by atoms with Crippen molar-refractivity contribution in [3.8, 4) is 5.75 Å². The normalized spacial score (nSPS) is 12.8. The molecule has 1 heterocycles. The summed E-state index contributed by atoms with van der Waals surface area (Å²) in [6.07, 6.45) is 1.35. The number of phenols is 1. The van der Waals surface area contributed by atoms with Crippen molar-refractivity contribution in [3.05, 3.63) is 72.1 Å². The predicted octanol–water partition coefficient (Wildman–Crippen LogP) is 3.37. The molecule has 0 aliphatic carbocycles. The number of carbonyl (C=O) groups is 1. The molecule has 0 atom stereocenters. The molecule has 1 aliphatic heterocycles. The maximum absolute atomic E-state index is 13.4. The summed E-state index contributed by atoms with van der Waals surface area (Å²) in [5, 5.41) is 11.8. The molecule has 0 bridgehead atoms. The maximum Gasteiger partial charge on any atom is 0.329 e. The SMILES string of the molecule is O=C(Nc1ccc(O)c(F)c1)N(Cc1ccccc1)C1=COCO1. The molecule has 6 nitrogen and oxygen atoms in total. The Hall–Kier alpha value is -3.22. The summed E-state index contributed by atoms with van der Waals surface area (Å²) >= 11 is 0. The third kappa shape index (κ3) is 3.57. The number of aromatic hydroxyl groups is 1. The summed E-state index contributed by atoms with van der Waals surface area (Å²) in [7, 11) is 0. The van der Waals surface area contributed by atoms with Crippen LogP contribution in [0.25, 0.3) is 0 Å². The second kappa shape index (κ2) is 6.91. The largest absolute Gasteiger partial charge is 0.505 e. The summed E-state index contributed by atoms with van der Waals surface area (Å²) in [5.41, 5.74) is 1.11. The molecule has 2 amide bonds. The van der Waals surface area contributed by atoms with E-state index in [1.54, 1.807) is 0 Å². The molecule has 0 unspecified atom stereocenters. The Balaban J connectivity index is 1.79. The van der Waals surface area contributed by atoms with Crippen LogP contribution in [0.2, 0.25) is 0 Å². The minimum Gasteiger partial charge on any atom is -0.505 e. The molecule has 2 aromatic rings. The van der Waals surface area contributed by atoms with Crippen LogP contribution < -0.4 is 5.32 Å². The summed E-state index contributed by atoms with van der Waals surface area (Å²) in [6, 6.07) is 12.4. The number of hydrogen-bond acceptors (Lipinski definition) is 4. The molecule has 0 radical (unpaired) electrons. The Morgan fingerprint density at radius 3 is 2.71 bits per heavy atom. The second-order valence-electron chi connectivity index (χ2n) is 5.05. The molecule has 0 saturated carbocycles. The lowest BCUT2D eigenvalue weighted by atomic mass is 10.2. The molecule has 1 aliphatic rings. The smallest absolute Gasteiger partial charge is 0.329 e. The Labute approximate surface area is 137 Å². The van der Waals surface area contributed by atoms with E-state index >= 15 is 0 Å². The van der Waals surface area contributed by atoms with Gasteiger partial charge in [0, 0.05) is 11.8 Å². The van der Waals surface area contributed by atoms with E-state index in [4.69, 9.17) is 9.47 Å². The average Bonchev–Trinajstić information content (AvgIpc) is 3.11. The van der Waals surface area contributed by atoms with E-state index in [0.29, 0.717) is 0 Å². The van der Waals surface area contributed by atoms with Crippen LogP contribution in [0.5, 0.6) is 5.75 Å². The van der Waals surface area contributed by atoms with E-state index in [1.165, 1.54) is 23.3 Å². The van der Waals surface area contributed by atoms with Gasteiger partial charge in [0.2, 0.25) is 12.7 Å². The third-order valence-corrected chi connectivity index (χ3v) is 3.35. The Morgan fingerprint density at radius 2 is 2.04 bits per heavy atom. The van der Waals surface area contributed by atoms with Gasteiger partial charge < -0.3 is 19.9 Å². The highest BCUT2D eigenvalue weighted by Crippen LogP contribution is 2.22. The van der Waals surface area contributed by atoms with Crippen molar-refractivity contribution in [2.75, 3.05) is 12.1 Å². The van der Waals surface area contributed by atoms with E-state index in [-0.39, 0.29) is 24.9 Å². The minimum atomic E-state index is -0.818. The highest BCUT2D eigenvalue weighted by atomic mass is 19.1. The lowest BCUT2D eigenvalue weighted by molar-refractivity contribution is 0.0554. The number of nitrogens with zero attached hydrogens (tertiary/aromatic N) is 1. The van der Waals surface area contributed by atoms with Crippen LogP contribution in [-0.2, 0) is 16.0 Å². The number of halogens is 1. The van der Waals surface area contributed by atoms with E-state index in [0.717, 1.165) is 11.6 Å². The fourth-order valence-electron chi connectivity index (χ4n) is 2.17. The zero-order chi connectivity index (χ0) is 16.9. The number of ether oxygens (including phenoxy) is 2. The molecular formula is C17H15FN2O4. The zero-order valence-electron chi connectivity index (χ0n) is 12.6. The van der Waals surface area contributed by atoms with Gasteiger partial charge in [-0.2, -0.15) is 0 Å². The third-order valence-electron chi connectivity index (χ3n) is 3.35. The molecule has 7 heteroatoms. The van der Waals surface area contributed by atoms with Crippen molar-refractivity contribution in [1.82, 2.24) is 4.90 Å². The fraction of sp³-hybridized carbons (Fsp3) is 0.118. The first-order valence-electron chi connectivity index (χ1n) is 7.19. The lowest BCUT2D eigenvalue weighted by Gasteiger charge is -2.22. The van der Waals surface area contributed by atoms with Crippen molar-refractivity contribution < 1.29 is 23.8 Å². The highest BCUT2D eigenvalue weighted by Gasteiger charge is 2.23. The van der Waals surface area contributed by atoms with Crippen LogP contribution in [-0.4, -0.2) is 22.8 Å². The second-order valence-corrected chi connectivity index (χ2v) is 5.05. The Kier molecular flexibility index (Phi) is 4.51. The molecule has 0 fully saturated rings. The minimum absolute atomic E-state index is 0.0295.